The topological polar surface area (TPSA) is 29.9 Å². The van der Waals surface area contributed by atoms with Crippen molar-refractivity contribution < 1.29 is 8.98 Å². The third-order valence-corrected chi connectivity index (χ3v) is 5.32. The van der Waals surface area contributed by atoms with Crippen molar-refractivity contribution in [2.75, 3.05) is 0 Å². The minimum atomic E-state index is 0.270. The van der Waals surface area contributed by atoms with Crippen LogP contribution in [0.2, 0.25) is 0 Å². The van der Waals surface area contributed by atoms with Crippen LogP contribution in [-0.2, 0) is 19.9 Å². The summed E-state index contributed by atoms with van der Waals surface area (Å²) in [6.45, 7) is 11.1. The van der Waals surface area contributed by atoms with Gasteiger partial charge in [0.15, 0.2) is 11.8 Å². The maximum Gasteiger partial charge on any atom is 0.227 e. The fourth-order valence-corrected chi connectivity index (χ4v) is 4.01. The normalized spacial score (nSPS) is 12.2. The number of hydrogen-bond donors (Lipinski definition) is 0. The Hall–Kier alpha value is -2.68. The molecule has 0 aliphatic rings. The molecule has 1 aromatic carbocycles. The van der Waals surface area contributed by atoms with E-state index >= 15 is 0 Å². The van der Waals surface area contributed by atoms with Gasteiger partial charge in [-0.25, -0.2) is 9.55 Å². The zero-order valence-corrected chi connectivity index (χ0v) is 17.8. The van der Waals surface area contributed by atoms with Crippen LogP contribution in [0.1, 0.15) is 44.5 Å². The van der Waals surface area contributed by atoms with Crippen LogP contribution in [-0.4, -0.2) is 4.98 Å². The van der Waals surface area contributed by atoms with Crippen LogP contribution in [0.15, 0.2) is 47.0 Å². The molecule has 4 rings (SSSR count). The molecule has 3 heterocycles. The second kappa shape index (κ2) is 6.73. The van der Waals surface area contributed by atoms with E-state index in [2.05, 4.69) is 88.8 Å². The van der Waals surface area contributed by atoms with Crippen LogP contribution in [0, 0.1) is 12.3 Å². The zero-order valence-electron chi connectivity index (χ0n) is 17.8. The molecule has 0 saturated carbocycles. The van der Waals surface area contributed by atoms with Crippen molar-refractivity contribution in [3.05, 3.63) is 59.4 Å². The van der Waals surface area contributed by atoms with Gasteiger partial charge in [0, 0.05) is 28.1 Å². The Morgan fingerprint density at radius 1 is 1.00 bits per heavy atom. The fourth-order valence-electron chi connectivity index (χ4n) is 4.01. The van der Waals surface area contributed by atoms with Gasteiger partial charge in [0.05, 0.1) is 5.56 Å². The minimum absolute atomic E-state index is 0.270. The van der Waals surface area contributed by atoms with Gasteiger partial charge in [0.25, 0.3) is 0 Å². The highest BCUT2D eigenvalue weighted by molar-refractivity contribution is 6.08. The first-order valence-corrected chi connectivity index (χ1v) is 10.1. The number of pyridine rings is 2. The molecule has 0 unspecified atom stereocenters. The lowest BCUT2D eigenvalue weighted by Crippen LogP contribution is -2.32. The fraction of sp³-hybridized carbons (Fsp3) is 0.360. The highest BCUT2D eigenvalue weighted by Crippen LogP contribution is 2.36. The van der Waals surface area contributed by atoms with Gasteiger partial charge < -0.3 is 4.42 Å². The second-order valence-corrected chi connectivity index (χ2v) is 9.02. The molecule has 0 N–H and O–H groups in total. The molecule has 28 heavy (non-hydrogen) atoms. The Labute approximate surface area is 167 Å². The van der Waals surface area contributed by atoms with Crippen molar-refractivity contribution in [3.8, 4) is 11.3 Å². The molecule has 0 bridgehead atoms. The molecule has 0 aliphatic heterocycles. The summed E-state index contributed by atoms with van der Waals surface area (Å²) in [5.74, 6) is 0. The lowest BCUT2D eigenvalue weighted by molar-refractivity contribution is -0.660. The van der Waals surface area contributed by atoms with E-state index in [-0.39, 0.29) is 5.41 Å². The molecule has 0 fully saturated rings. The van der Waals surface area contributed by atoms with Gasteiger partial charge in [-0.3, -0.25) is 0 Å². The molecule has 0 aliphatic carbocycles. The summed E-state index contributed by atoms with van der Waals surface area (Å²) in [4.78, 5) is 4.70. The van der Waals surface area contributed by atoms with Crippen molar-refractivity contribution in [1.29, 1.82) is 0 Å². The van der Waals surface area contributed by atoms with Crippen LogP contribution in [0.3, 0.4) is 0 Å². The van der Waals surface area contributed by atoms with Gasteiger partial charge in [0.1, 0.15) is 7.05 Å². The van der Waals surface area contributed by atoms with Crippen LogP contribution in [0.5, 0.6) is 0 Å². The molecule has 0 saturated heterocycles. The average molecular weight is 374 g/mol. The number of aromatic nitrogens is 2. The van der Waals surface area contributed by atoms with E-state index in [9.17, 15) is 0 Å². The lowest BCUT2D eigenvalue weighted by Gasteiger charge is -2.17. The first kappa shape index (κ1) is 18.7. The summed E-state index contributed by atoms with van der Waals surface area (Å²) in [7, 11) is 2.12. The van der Waals surface area contributed by atoms with Crippen molar-refractivity contribution >= 4 is 22.1 Å². The quantitative estimate of drug-likeness (QED) is 0.416. The standard InChI is InChI=1S/C25H29N2O/c1-7-18-10-12-20-19-11-8-16(2)22(23(19)28-24(20)26-18)21-13-9-17(15-27(21)6)14-25(3,4)5/h8-13,15H,7,14H2,1-6H3/q+1. The largest absolute Gasteiger partial charge is 0.437 e. The number of aryl methyl sites for hydroxylation is 3. The highest BCUT2D eigenvalue weighted by atomic mass is 16.3. The van der Waals surface area contributed by atoms with Gasteiger partial charge in [-0.15, -0.1) is 0 Å². The van der Waals surface area contributed by atoms with Crippen LogP contribution in [0.25, 0.3) is 33.3 Å². The number of hydrogen-bond acceptors (Lipinski definition) is 2. The summed E-state index contributed by atoms with van der Waals surface area (Å²) in [5.41, 5.74) is 7.86. The SMILES string of the molecule is CCc1ccc2c(n1)oc1c(-c3ccc(CC(C)(C)C)c[n+]3C)c(C)ccc12. The molecule has 3 aromatic heterocycles. The van der Waals surface area contributed by atoms with Crippen LogP contribution >= 0.6 is 0 Å². The van der Waals surface area contributed by atoms with Crippen molar-refractivity contribution in [2.24, 2.45) is 12.5 Å². The summed E-state index contributed by atoms with van der Waals surface area (Å²) in [6, 6.07) is 13.0. The maximum absolute atomic E-state index is 6.30. The smallest absolute Gasteiger partial charge is 0.227 e. The van der Waals surface area contributed by atoms with E-state index in [1.54, 1.807) is 0 Å². The Balaban J connectivity index is 1.92. The second-order valence-electron chi connectivity index (χ2n) is 9.02. The summed E-state index contributed by atoms with van der Waals surface area (Å²) >= 11 is 0. The predicted octanol–water partition coefficient (Wildman–Crippen LogP) is 5.93. The van der Waals surface area contributed by atoms with E-state index < -0.39 is 0 Å². The Bertz CT molecular complexity index is 1180. The van der Waals surface area contributed by atoms with Gasteiger partial charge in [-0.1, -0.05) is 39.8 Å². The molecular formula is C25H29N2O+. The Morgan fingerprint density at radius 3 is 2.43 bits per heavy atom. The molecule has 4 aromatic rings. The number of furan rings is 1. The predicted molar refractivity (Wildman–Crippen MR) is 115 cm³/mol. The monoisotopic (exact) mass is 373 g/mol. The third-order valence-electron chi connectivity index (χ3n) is 5.32. The van der Waals surface area contributed by atoms with E-state index in [4.69, 9.17) is 9.40 Å². The third kappa shape index (κ3) is 3.30. The lowest BCUT2D eigenvalue weighted by atomic mass is 9.88. The molecule has 0 radical (unpaired) electrons. The molecule has 0 amide bonds. The van der Waals surface area contributed by atoms with Crippen LogP contribution < -0.4 is 4.57 Å². The first-order valence-electron chi connectivity index (χ1n) is 10.1. The van der Waals surface area contributed by atoms with E-state index in [1.165, 1.54) is 11.1 Å². The highest BCUT2D eigenvalue weighted by Gasteiger charge is 2.22. The summed E-state index contributed by atoms with van der Waals surface area (Å²) < 4.78 is 8.53. The van der Waals surface area contributed by atoms with Crippen molar-refractivity contribution in [1.82, 2.24) is 4.98 Å². The Kier molecular flexibility index (Phi) is 4.49. The number of fused-ring (bicyclic) bond motifs is 3. The maximum atomic E-state index is 6.30. The first-order chi connectivity index (χ1) is 13.3. The number of nitrogens with zero attached hydrogens (tertiary/aromatic N) is 2. The molecular weight excluding hydrogens is 344 g/mol. The zero-order chi connectivity index (χ0) is 20.1. The molecule has 144 valence electrons. The molecule has 0 atom stereocenters. The van der Waals surface area contributed by atoms with Crippen molar-refractivity contribution in [2.45, 2.75) is 47.5 Å². The summed E-state index contributed by atoms with van der Waals surface area (Å²) in [5, 5.41) is 2.21. The number of rotatable bonds is 3. The number of benzene rings is 1. The molecule has 0 spiro atoms. The molecule has 3 nitrogen and oxygen atoms in total. The van der Waals surface area contributed by atoms with E-state index in [0.29, 0.717) is 0 Å². The molecule has 3 heteroatoms. The minimum Gasteiger partial charge on any atom is -0.437 e. The Morgan fingerprint density at radius 2 is 1.75 bits per heavy atom. The van der Waals surface area contributed by atoms with Gasteiger partial charge in [-0.2, -0.15) is 0 Å². The van der Waals surface area contributed by atoms with Gasteiger partial charge >= 0.3 is 0 Å². The van der Waals surface area contributed by atoms with Crippen molar-refractivity contribution in [3.63, 3.8) is 0 Å². The van der Waals surface area contributed by atoms with E-state index in [0.717, 1.165) is 51.9 Å². The van der Waals surface area contributed by atoms with Crippen LogP contribution in [0.4, 0.5) is 0 Å². The van der Waals surface area contributed by atoms with Gasteiger partial charge in [-0.05, 0) is 48.9 Å². The van der Waals surface area contributed by atoms with Gasteiger partial charge in [0.2, 0.25) is 11.4 Å². The average Bonchev–Trinajstić information content (AvgIpc) is 2.98. The summed E-state index contributed by atoms with van der Waals surface area (Å²) in [6.07, 6.45) is 4.21. The van der Waals surface area contributed by atoms with E-state index in [1.807, 2.05) is 0 Å².